The van der Waals surface area contributed by atoms with Crippen molar-refractivity contribution in [2.45, 2.75) is 31.7 Å². The molecule has 1 aromatic rings. The number of nitrogen functional groups attached to an aromatic ring is 1. The molecular weight excluding hydrogens is 220 g/mol. The summed E-state index contributed by atoms with van der Waals surface area (Å²) < 4.78 is 0. The molecule has 2 aliphatic carbocycles. The van der Waals surface area contributed by atoms with Gasteiger partial charge < -0.3 is 11.1 Å². The molecule has 1 aromatic carbocycles. The second-order valence-corrected chi connectivity index (χ2v) is 5.49. The van der Waals surface area contributed by atoms with Crippen LogP contribution in [0.1, 0.15) is 25.7 Å². The van der Waals surface area contributed by atoms with Crippen molar-refractivity contribution >= 4 is 23.0 Å². The minimum atomic E-state index is 0.640. The number of anilines is 2. The Kier molecular flexibility index (Phi) is 2.47. The van der Waals surface area contributed by atoms with Crippen LogP contribution in [0, 0.1) is 11.8 Å². The molecule has 0 amide bonds. The van der Waals surface area contributed by atoms with Gasteiger partial charge in [0.15, 0.2) is 0 Å². The lowest BCUT2D eigenvalue weighted by Crippen LogP contribution is -2.24. The fraction of sp³-hybridized carbons (Fsp3) is 0.538. The first-order chi connectivity index (χ1) is 7.74. The van der Waals surface area contributed by atoms with Crippen molar-refractivity contribution in [2.24, 2.45) is 11.8 Å². The molecule has 0 aromatic heterocycles. The molecule has 3 rings (SSSR count). The fourth-order valence-corrected chi connectivity index (χ4v) is 2.60. The van der Waals surface area contributed by atoms with Gasteiger partial charge in [0.1, 0.15) is 0 Å². The Balaban J connectivity index is 1.76. The summed E-state index contributed by atoms with van der Waals surface area (Å²) in [6, 6.07) is 6.36. The van der Waals surface area contributed by atoms with Crippen LogP contribution in [0.2, 0.25) is 5.02 Å². The highest BCUT2D eigenvalue weighted by atomic mass is 35.5. The molecule has 0 atom stereocenters. The third-order valence-electron chi connectivity index (χ3n) is 3.58. The van der Waals surface area contributed by atoms with E-state index in [9.17, 15) is 0 Å². The molecule has 3 heteroatoms. The maximum Gasteiger partial charge on any atom is 0.0658 e. The number of nitrogens with one attached hydrogen (secondary N) is 1. The minimum Gasteiger partial charge on any atom is -0.399 e. The zero-order valence-corrected chi connectivity index (χ0v) is 10.0. The Morgan fingerprint density at radius 3 is 2.31 bits per heavy atom. The fourth-order valence-electron chi connectivity index (χ4n) is 2.36. The molecule has 0 spiro atoms. The normalized spacial score (nSPS) is 20.1. The topological polar surface area (TPSA) is 38.0 Å². The molecule has 2 fully saturated rings. The van der Waals surface area contributed by atoms with Crippen LogP contribution < -0.4 is 11.1 Å². The highest BCUT2D eigenvalue weighted by Crippen LogP contribution is 2.46. The third kappa shape index (κ3) is 2.12. The number of hydrogen-bond acceptors (Lipinski definition) is 2. The van der Waals surface area contributed by atoms with Crippen LogP contribution in [0.15, 0.2) is 18.2 Å². The van der Waals surface area contributed by atoms with Gasteiger partial charge in [-0.15, -0.1) is 0 Å². The Morgan fingerprint density at radius 1 is 1.19 bits per heavy atom. The lowest BCUT2D eigenvalue weighted by Gasteiger charge is -2.20. The van der Waals surface area contributed by atoms with Gasteiger partial charge in [-0.25, -0.2) is 0 Å². The van der Waals surface area contributed by atoms with Gasteiger partial charge in [-0.3, -0.25) is 0 Å². The minimum absolute atomic E-state index is 0.640. The highest BCUT2D eigenvalue weighted by molar-refractivity contribution is 6.33. The maximum absolute atomic E-state index is 6.18. The van der Waals surface area contributed by atoms with Crippen LogP contribution >= 0.6 is 11.6 Å². The van der Waals surface area contributed by atoms with E-state index in [1.807, 2.05) is 18.2 Å². The van der Waals surface area contributed by atoms with E-state index in [1.54, 1.807) is 0 Å². The highest BCUT2D eigenvalue weighted by Gasteiger charge is 2.41. The van der Waals surface area contributed by atoms with E-state index in [2.05, 4.69) is 5.32 Å². The largest absolute Gasteiger partial charge is 0.399 e. The second kappa shape index (κ2) is 3.85. The summed E-state index contributed by atoms with van der Waals surface area (Å²) in [5.74, 6) is 1.75. The van der Waals surface area contributed by atoms with Gasteiger partial charge in [0.25, 0.3) is 0 Å². The van der Waals surface area contributed by atoms with Gasteiger partial charge in [-0.1, -0.05) is 11.6 Å². The van der Waals surface area contributed by atoms with Crippen LogP contribution in [-0.4, -0.2) is 6.04 Å². The van der Waals surface area contributed by atoms with Crippen molar-refractivity contribution in [3.63, 3.8) is 0 Å². The molecule has 3 N–H and O–H groups in total. The van der Waals surface area contributed by atoms with Gasteiger partial charge in [-0.05, 0) is 55.7 Å². The average Bonchev–Trinajstić information content (AvgIpc) is 3.11. The first-order valence-corrected chi connectivity index (χ1v) is 6.43. The monoisotopic (exact) mass is 236 g/mol. The molecule has 0 aliphatic heterocycles. The summed E-state index contributed by atoms with van der Waals surface area (Å²) in [6.07, 6.45) is 5.50. The molecule has 2 aliphatic rings. The Hall–Kier alpha value is -0.890. The Morgan fingerprint density at radius 2 is 1.81 bits per heavy atom. The standard InChI is InChI=1S/C13H17ClN2/c14-11-7-10(15)5-6-12(11)16-13(8-1-2-8)9-3-4-9/h5-9,13,16H,1-4,15H2. The van der Waals surface area contributed by atoms with E-state index < -0.39 is 0 Å². The van der Waals surface area contributed by atoms with E-state index in [0.29, 0.717) is 6.04 Å². The van der Waals surface area contributed by atoms with E-state index >= 15 is 0 Å². The molecule has 0 heterocycles. The van der Waals surface area contributed by atoms with Crippen molar-refractivity contribution in [1.29, 1.82) is 0 Å². The number of halogens is 1. The molecule has 2 nitrogen and oxygen atoms in total. The van der Waals surface area contributed by atoms with Crippen molar-refractivity contribution in [1.82, 2.24) is 0 Å². The Labute approximate surface area is 101 Å². The predicted molar refractivity (Wildman–Crippen MR) is 68.7 cm³/mol. The maximum atomic E-state index is 6.18. The number of benzene rings is 1. The zero-order valence-electron chi connectivity index (χ0n) is 9.25. The first kappa shape index (κ1) is 10.3. The zero-order chi connectivity index (χ0) is 11.1. The lowest BCUT2D eigenvalue weighted by molar-refractivity contribution is 0.568. The van der Waals surface area contributed by atoms with Crippen LogP contribution in [0.3, 0.4) is 0 Å². The molecule has 16 heavy (non-hydrogen) atoms. The lowest BCUT2D eigenvalue weighted by atomic mass is 10.1. The third-order valence-corrected chi connectivity index (χ3v) is 3.89. The van der Waals surface area contributed by atoms with Gasteiger partial charge >= 0.3 is 0 Å². The Bertz CT molecular complexity index is 385. The van der Waals surface area contributed by atoms with Crippen molar-refractivity contribution in [3.8, 4) is 0 Å². The van der Waals surface area contributed by atoms with Crippen molar-refractivity contribution < 1.29 is 0 Å². The van der Waals surface area contributed by atoms with E-state index in [4.69, 9.17) is 17.3 Å². The molecule has 86 valence electrons. The second-order valence-electron chi connectivity index (χ2n) is 5.08. The predicted octanol–water partition coefficient (Wildman–Crippen LogP) is 3.52. The molecule has 0 bridgehead atoms. The van der Waals surface area contributed by atoms with Crippen LogP contribution in [0.5, 0.6) is 0 Å². The summed E-state index contributed by atoms with van der Waals surface area (Å²) in [5, 5.41) is 4.35. The molecule has 2 saturated carbocycles. The van der Waals surface area contributed by atoms with Gasteiger partial charge in [0.05, 0.1) is 10.7 Å². The molecule has 0 radical (unpaired) electrons. The van der Waals surface area contributed by atoms with Crippen LogP contribution in [0.25, 0.3) is 0 Å². The van der Waals surface area contributed by atoms with Gasteiger partial charge in [0, 0.05) is 11.7 Å². The quantitative estimate of drug-likeness (QED) is 0.785. The number of hydrogen-bond donors (Lipinski definition) is 2. The SMILES string of the molecule is Nc1ccc(NC(C2CC2)C2CC2)c(Cl)c1. The van der Waals surface area contributed by atoms with Crippen LogP contribution in [-0.2, 0) is 0 Å². The molecule has 0 unspecified atom stereocenters. The number of rotatable bonds is 4. The molecular formula is C13H17ClN2. The van der Waals surface area contributed by atoms with Crippen molar-refractivity contribution in [2.75, 3.05) is 11.1 Å². The summed E-state index contributed by atoms with van der Waals surface area (Å²) in [4.78, 5) is 0. The smallest absolute Gasteiger partial charge is 0.0658 e. The summed E-state index contributed by atoms with van der Waals surface area (Å²) in [5.41, 5.74) is 7.46. The van der Waals surface area contributed by atoms with E-state index in [1.165, 1.54) is 25.7 Å². The summed E-state index contributed by atoms with van der Waals surface area (Å²) in [7, 11) is 0. The van der Waals surface area contributed by atoms with Crippen LogP contribution in [0.4, 0.5) is 11.4 Å². The molecule has 0 saturated heterocycles. The van der Waals surface area contributed by atoms with E-state index in [0.717, 1.165) is 28.2 Å². The summed E-state index contributed by atoms with van der Waals surface area (Å²) >= 11 is 6.18. The van der Waals surface area contributed by atoms with Gasteiger partial charge in [-0.2, -0.15) is 0 Å². The summed E-state index contributed by atoms with van der Waals surface area (Å²) in [6.45, 7) is 0. The van der Waals surface area contributed by atoms with Crippen molar-refractivity contribution in [3.05, 3.63) is 23.2 Å². The first-order valence-electron chi connectivity index (χ1n) is 6.05. The number of nitrogens with two attached hydrogens (primary N) is 1. The van der Waals surface area contributed by atoms with E-state index in [-0.39, 0.29) is 0 Å². The van der Waals surface area contributed by atoms with Gasteiger partial charge in [0.2, 0.25) is 0 Å². The average molecular weight is 237 g/mol.